The van der Waals surface area contributed by atoms with Gasteiger partial charge in [-0.15, -0.1) is 0 Å². The van der Waals surface area contributed by atoms with Gasteiger partial charge in [-0.05, 0) is 60.9 Å². The summed E-state index contributed by atoms with van der Waals surface area (Å²) < 4.78 is 30.1. The van der Waals surface area contributed by atoms with Crippen molar-refractivity contribution in [1.82, 2.24) is 0 Å². The molecule has 0 radical (unpaired) electrons. The summed E-state index contributed by atoms with van der Waals surface area (Å²) in [5.41, 5.74) is 2.06. The third kappa shape index (κ3) is 3.33. The van der Waals surface area contributed by atoms with Gasteiger partial charge in [0.2, 0.25) is 5.91 Å². The summed E-state index contributed by atoms with van der Waals surface area (Å²) in [5.74, 6) is 0.171. The second-order valence-corrected chi connectivity index (χ2v) is 7.27. The van der Waals surface area contributed by atoms with Crippen molar-refractivity contribution in [2.75, 3.05) is 5.32 Å². The van der Waals surface area contributed by atoms with E-state index in [-0.39, 0.29) is 16.6 Å². The van der Waals surface area contributed by atoms with Crippen LogP contribution in [-0.2, 0) is 21.3 Å². The van der Waals surface area contributed by atoms with Crippen molar-refractivity contribution < 1.29 is 17.4 Å². The Morgan fingerprint density at radius 1 is 1.13 bits per heavy atom. The molecule has 0 spiro atoms. The maximum absolute atomic E-state index is 12.4. The molecule has 2 aromatic carbocycles. The number of fused-ring (bicyclic) bond motifs is 1. The monoisotopic (exact) mass is 351 g/mol. The Labute approximate surface area is 139 Å². The molecule has 1 N–H and O–H groups in total. The van der Waals surface area contributed by atoms with Gasteiger partial charge in [0.25, 0.3) is 0 Å². The molecule has 2 aromatic rings. The zero-order valence-electron chi connectivity index (χ0n) is 12.3. The first kappa shape index (κ1) is 15.8. The highest BCUT2D eigenvalue weighted by atomic mass is 35.5. The number of anilines is 1. The van der Waals surface area contributed by atoms with Gasteiger partial charge in [0.1, 0.15) is 10.6 Å². The van der Waals surface area contributed by atoms with Gasteiger partial charge in [-0.1, -0.05) is 11.6 Å². The number of benzene rings is 2. The summed E-state index contributed by atoms with van der Waals surface area (Å²) in [4.78, 5) is 11.4. The average Bonchev–Trinajstić information content (AvgIpc) is 2.46. The molecule has 0 saturated heterocycles. The van der Waals surface area contributed by atoms with E-state index in [0.717, 1.165) is 5.56 Å². The topological polar surface area (TPSA) is 72.5 Å². The van der Waals surface area contributed by atoms with Gasteiger partial charge < -0.3 is 9.50 Å². The molecule has 7 heteroatoms. The summed E-state index contributed by atoms with van der Waals surface area (Å²) >= 11 is 5.85. The maximum Gasteiger partial charge on any atom is 0.339 e. The Morgan fingerprint density at radius 3 is 2.65 bits per heavy atom. The Kier molecular flexibility index (Phi) is 4.04. The van der Waals surface area contributed by atoms with Gasteiger partial charge in [0, 0.05) is 17.1 Å². The summed E-state index contributed by atoms with van der Waals surface area (Å²) in [5, 5.41) is 3.20. The molecule has 0 atom stereocenters. The van der Waals surface area contributed by atoms with E-state index in [0.29, 0.717) is 29.1 Å². The van der Waals surface area contributed by atoms with Crippen molar-refractivity contribution in [1.29, 1.82) is 0 Å². The lowest BCUT2D eigenvalue weighted by atomic mass is 10.0. The van der Waals surface area contributed by atoms with Crippen LogP contribution < -0.4 is 9.50 Å². The van der Waals surface area contributed by atoms with Crippen LogP contribution in [0.1, 0.15) is 17.5 Å². The average molecular weight is 352 g/mol. The molecule has 120 valence electrons. The number of hydrogen-bond acceptors (Lipinski definition) is 4. The first-order chi connectivity index (χ1) is 10.8. The highest BCUT2D eigenvalue weighted by Crippen LogP contribution is 2.29. The molecule has 0 aromatic heterocycles. The van der Waals surface area contributed by atoms with E-state index in [1.54, 1.807) is 25.1 Å². The second-order valence-electron chi connectivity index (χ2n) is 5.31. The summed E-state index contributed by atoms with van der Waals surface area (Å²) in [7, 11) is -3.94. The standard InChI is InChI=1S/C16H14ClNO4S/c1-10-8-12(17)3-6-15(10)23(20,21)22-13-4-5-14-11(9-13)2-7-16(19)18-14/h3-6,8-9H,2,7H2,1H3,(H,18,19). The number of rotatable bonds is 3. The first-order valence-electron chi connectivity index (χ1n) is 6.98. The van der Waals surface area contributed by atoms with Crippen LogP contribution in [0, 0.1) is 6.92 Å². The fraction of sp³-hybridized carbons (Fsp3) is 0.188. The van der Waals surface area contributed by atoms with Crippen LogP contribution in [0.4, 0.5) is 5.69 Å². The van der Waals surface area contributed by atoms with Crippen molar-refractivity contribution in [3.05, 3.63) is 52.5 Å². The molecular weight excluding hydrogens is 338 g/mol. The minimum atomic E-state index is -3.94. The molecule has 3 rings (SSSR count). The smallest absolute Gasteiger partial charge is 0.339 e. The summed E-state index contributed by atoms with van der Waals surface area (Å²) in [6, 6.07) is 9.30. The molecule has 23 heavy (non-hydrogen) atoms. The van der Waals surface area contributed by atoms with E-state index in [9.17, 15) is 13.2 Å². The Bertz CT molecular complexity index is 893. The number of nitrogens with one attached hydrogen (secondary N) is 1. The lowest BCUT2D eigenvalue weighted by Gasteiger charge is -2.17. The van der Waals surface area contributed by atoms with E-state index in [4.69, 9.17) is 15.8 Å². The van der Waals surface area contributed by atoms with Crippen molar-refractivity contribution in [3.63, 3.8) is 0 Å². The van der Waals surface area contributed by atoms with E-state index in [1.165, 1.54) is 18.2 Å². The van der Waals surface area contributed by atoms with E-state index in [1.807, 2.05) is 0 Å². The lowest BCUT2D eigenvalue weighted by molar-refractivity contribution is -0.116. The van der Waals surface area contributed by atoms with Crippen molar-refractivity contribution in [3.8, 4) is 5.75 Å². The largest absolute Gasteiger partial charge is 0.379 e. The van der Waals surface area contributed by atoms with E-state index < -0.39 is 10.1 Å². The van der Waals surface area contributed by atoms with Gasteiger partial charge in [-0.2, -0.15) is 8.42 Å². The zero-order valence-corrected chi connectivity index (χ0v) is 13.9. The summed E-state index contributed by atoms with van der Waals surface area (Å²) in [6.45, 7) is 1.66. The molecule has 1 aliphatic heterocycles. The van der Waals surface area contributed by atoms with Crippen molar-refractivity contribution in [2.24, 2.45) is 0 Å². The highest BCUT2D eigenvalue weighted by Gasteiger charge is 2.21. The molecule has 1 amide bonds. The van der Waals surface area contributed by atoms with Crippen LogP contribution in [0.2, 0.25) is 5.02 Å². The van der Waals surface area contributed by atoms with Crippen LogP contribution in [0.15, 0.2) is 41.3 Å². The lowest BCUT2D eigenvalue weighted by Crippen LogP contribution is -2.19. The first-order valence-corrected chi connectivity index (χ1v) is 8.77. The van der Waals surface area contributed by atoms with Crippen molar-refractivity contribution >= 4 is 33.3 Å². The predicted molar refractivity (Wildman–Crippen MR) is 87.4 cm³/mol. The fourth-order valence-corrected chi connectivity index (χ4v) is 3.84. The highest BCUT2D eigenvalue weighted by molar-refractivity contribution is 7.87. The molecule has 5 nitrogen and oxygen atoms in total. The molecule has 0 aliphatic carbocycles. The molecule has 0 saturated carbocycles. The van der Waals surface area contributed by atoms with Crippen LogP contribution in [0.5, 0.6) is 5.75 Å². The molecule has 1 heterocycles. The molecular formula is C16H14ClNO4S. The molecule has 0 bridgehead atoms. The van der Waals surface area contributed by atoms with Crippen LogP contribution in [0.25, 0.3) is 0 Å². The number of aryl methyl sites for hydroxylation is 2. The van der Waals surface area contributed by atoms with Crippen LogP contribution >= 0.6 is 11.6 Å². The van der Waals surface area contributed by atoms with Gasteiger partial charge in [0.15, 0.2) is 0 Å². The fourth-order valence-electron chi connectivity index (χ4n) is 2.48. The second kappa shape index (κ2) is 5.86. The number of carbonyl (C=O) groups excluding carboxylic acids is 1. The van der Waals surface area contributed by atoms with Crippen LogP contribution in [0.3, 0.4) is 0 Å². The van der Waals surface area contributed by atoms with Crippen molar-refractivity contribution in [2.45, 2.75) is 24.7 Å². The predicted octanol–water partition coefficient (Wildman–Crippen LogP) is 3.30. The van der Waals surface area contributed by atoms with E-state index >= 15 is 0 Å². The normalized spacial score (nSPS) is 14.1. The van der Waals surface area contributed by atoms with Gasteiger partial charge >= 0.3 is 10.1 Å². The number of halogens is 1. The number of amides is 1. The Hall–Kier alpha value is -2.05. The van der Waals surface area contributed by atoms with Crippen LogP contribution in [-0.4, -0.2) is 14.3 Å². The SMILES string of the molecule is Cc1cc(Cl)ccc1S(=O)(=O)Oc1ccc2c(c1)CCC(=O)N2. The van der Waals surface area contributed by atoms with Gasteiger partial charge in [-0.3, -0.25) is 4.79 Å². The Morgan fingerprint density at radius 2 is 1.91 bits per heavy atom. The minimum absolute atomic E-state index is 0.0458. The number of hydrogen-bond donors (Lipinski definition) is 1. The van der Waals surface area contributed by atoms with Gasteiger partial charge in [-0.25, -0.2) is 0 Å². The number of carbonyl (C=O) groups is 1. The quantitative estimate of drug-likeness (QED) is 0.861. The third-order valence-electron chi connectivity index (χ3n) is 3.58. The maximum atomic E-state index is 12.4. The molecule has 1 aliphatic rings. The third-order valence-corrected chi connectivity index (χ3v) is 5.23. The van der Waals surface area contributed by atoms with E-state index in [2.05, 4.69) is 5.32 Å². The Balaban J connectivity index is 1.90. The minimum Gasteiger partial charge on any atom is -0.379 e. The molecule has 0 fully saturated rings. The summed E-state index contributed by atoms with van der Waals surface area (Å²) in [6.07, 6.45) is 0.928. The molecule has 0 unspecified atom stereocenters. The van der Waals surface area contributed by atoms with Gasteiger partial charge in [0.05, 0.1) is 0 Å². The zero-order chi connectivity index (χ0) is 16.6.